The van der Waals surface area contributed by atoms with Gasteiger partial charge in [0.2, 0.25) is 5.75 Å². The molecule has 140 valence electrons. The molecule has 1 heterocycles. The van der Waals surface area contributed by atoms with Crippen LogP contribution in [0.3, 0.4) is 0 Å². The van der Waals surface area contributed by atoms with Crippen LogP contribution in [0.5, 0.6) is 17.2 Å². The van der Waals surface area contributed by atoms with E-state index in [1.54, 1.807) is 21.3 Å². The smallest absolute Gasteiger partial charge is 0.203 e. The van der Waals surface area contributed by atoms with Crippen molar-refractivity contribution >= 4 is 17.3 Å². The monoisotopic (exact) mass is 377 g/mol. The Morgan fingerprint density at radius 1 is 0.962 bits per heavy atom. The first kappa shape index (κ1) is 18.7. The standard InChI is InChI=1S/C20H25ClN2O3/c1-24-18-11-15(12-19(25-2)20(18)26-3)14-22-7-9-23(10-8-22)17-6-4-5-16(21)13-17/h4-6,11-13H,7-10,14H2,1-3H3/p+1. The Bertz CT molecular complexity index is 721. The van der Waals surface area contributed by atoms with E-state index in [0.29, 0.717) is 17.2 Å². The molecule has 0 radical (unpaired) electrons. The summed E-state index contributed by atoms with van der Waals surface area (Å²) in [5.74, 6) is 2.05. The van der Waals surface area contributed by atoms with Crippen LogP contribution in [-0.4, -0.2) is 47.5 Å². The van der Waals surface area contributed by atoms with Crippen LogP contribution in [0.15, 0.2) is 36.4 Å². The number of nitrogens with one attached hydrogen (secondary N) is 1. The first-order valence-electron chi connectivity index (χ1n) is 8.77. The van der Waals surface area contributed by atoms with Crippen molar-refractivity contribution in [3.05, 3.63) is 47.0 Å². The molecule has 0 bridgehead atoms. The van der Waals surface area contributed by atoms with Crippen LogP contribution in [0, 0.1) is 0 Å². The summed E-state index contributed by atoms with van der Waals surface area (Å²) < 4.78 is 16.3. The Labute approximate surface area is 160 Å². The van der Waals surface area contributed by atoms with E-state index < -0.39 is 0 Å². The molecule has 2 aromatic carbocycles. The maximum Gasteiger partial charge on any atom is 0.203 e. The molecule has 1 N–H and O–H groups in total. The Balaban J connectivity index is 1.66. The molecule has 0 atom stereocenters. The third kappa shape index (κ3) is 4.17. The van der Waals surface area contributed by atoms with Gasteiger partial charge in [-0.05, 0) is 30.3 Å². The molecule has 3 rings (SSSR count). The van der Waals surface area contributed by atoms with Crippen LogP contribution in [0.1, 0.15) is 5.56 Å². The molecular formula is C20H26ClN2O3+. The van der Waals surface area contributed by atoms with Crippen molar-refractivity contribution in [2.24, 2.45) is 0 Å². The molecule has 1 fully saturated rings. The van der Waals surface area contributed by atoms with Gasteiger partial charge in [0.1, 0.15) is 6.54 Å². The molecule has 0 unspecified atom stereocenters. The average Bonchev–Trinajstić information content (AvgIpc) is 2.67. The van der Waals surface area contributed by atoms with Crippen molar-refractivity contribution in [3.63, 3.8) is 0 Å². The van der Waals surface area contributed by atoms with Crippen LogP contribution in [0.4, 0.5) is 5.69 Å². The normalized spacial score (nSPS) is 15.0. The molecule has 0 saturated carbocycles. The van der Waals surface area contributed by atoms with Crippen LogP contribution in [0.2, 0.25) is 5.02 Å². The molecule has 1 aliphatic heterocycles. The summed E-state index contributed by atoms with van der Waals surface area (Å²) in [6.45, 7) is 5.10. The zero-order valence-corrected chi connectivity index (χ0v) is 16.3. The predicted octanol–water partition coefficient (Wildman–Crippen LogP) is 2.27. The van der Waals surface area contributed by atoms with Crippen LogP contribution in [-0.2, 0) is 6.54 Å². The van der Waals surface area contributed by atoms with Gasteiger partial charge in [0.25, 0.3) is 0 Å². The maximum atomic E-state index is 6.12. The van der Waals surface area contributed by atoms with Gasteiger partial charge in [0.15, 0.2) is 11.5 Å². The number of anilines is 1. The van der Waals surface area contributed by atoms with Crippen molar-refractivity contribution in [2.75, 3.05) is 52.4 Å². The van der Waals surface area contributed by atoms with E-state index in [1.807, 2.05) is 30.3 Å². The van der Waals surface area contributed by atoms with Gasteiger partial charge in [0.05, 0.1) is 47.5 Å². The summed E-state index contributed by atoms with van der Waals surface area (Å²) in [6, 6.07) is 12.2. The van der Waals surface area contributed by atoms with E-state index in [0.717, 1.165) is 37.7 Å². The number of benzene rings is 2. The molecule has 26 heavy (non-hydrogen) atoms. The average molecular weight is 378 g/mol. The fourth-order valence-electron chi connectivity index (χ4n) is 3.46. The predicted molar refractivity (Wildman–Crippen MR) is 104 cm³/mol. The summed E-state index contributed by atoms with van der Waals surface area (Å²) in [5.41, 5.74) is 2.38. The minimum Gasteiger partial charge on any atom is -0.493 e. The maximum absolute atomic E-state index is 6.12. The minimum absolute atomic E-state index is 0.638. The number of hydrogen-bond donors (Lipinski definition) is 1. The van der Waals surface area contributed by atoms with Gasteiger partial charge >= 0.3 is 0 Å². The first-order valence-corrected chi connectivity index (χ1v) is 9.15. The van der Waals surface area contributed by atoms with E-state index in [-0.39, 0.29) is 0 Å². The molecule has 0 spiro atoms. The Morgan fingerprint density at radius 3 is 2.15 bits per heavy atom. The number of quaternary nitrogens is 1. The lowest BCUT2D eigenvalue weighted by atomic mass is 10.1. The number of piperazine rings is 1. The van der Waals surface area contributed by atoms with Crippen molar-refractivity contribution in [1.82, 2.24) is 0 Å². The second-order valence-corrected chi connectivity index (χ2v) is 6.86. The molecule has 6 heteroatoms. The largest absolute Gasteiger partial charge is 0.493 e. The minimum atomic E-state index is 0.638. The Kier molecular flexibility index (Phi) is 6.12. The lowest BCUT2D eigenvalue weighted by Gasteiger charge is -2.33. The van der Waals surface area contributed by atoms with Gasteiger partial charge in [0, 0.05) is 16.3 Å². The third-order valence-corrected chi connectivity index (χ3v) is 5.06. The van der Waals surface area contributed by atoms with Crippen LogP contribution < -0.4 is 24.0 Å². The van der Waals surface area contributed by atoms with Crippen LogP contribution >= 0.6 is 11.6 Å². The van der Waals surface area contributed by atoms with Crippen LogP contribution in [0.25, 0.3) is 0 Å². The topological polar surface area (TPSA) is 35.4 Å². The number of halogens is 1. The quantitative estimate of drug-likeness (QED) is 0.837. The molecule has 0 amide bonds. The number of ether oxygens (including phenoxy) is 3. The number of hydrogen-bond acceptors (Lipinski definition) is 4. The molecule has 2 aromatic rings. The molecule has 5 nitrogen and oxygen atoms in total. The highest BCUT2D eigenvalue weighted by Gasteiger charge is 2.22. The van der Waals surface area contributed by atoms with E-state index in [4.69, 9.17) is 25.8 Å². The van der Waals surface area contributed by atoms with E-state index in [9.17, 15) is 0 Å². The summed E-state index contributed by atoms with van der Waals surface area (Å²) >= 11 is 6.12. The third-order valence-electron chi connectivity index (χ3n) is 4.82. The van der Waals surface area contributed by atoms with Gasteiger partial charge in [-0.25, -0.2) is 0 Å². The summed E-state index contributed by atoms with van der Waals surface area (Å²) in [7, 11) is 4.93. The van der Waals surface area contributed by atoms with Gasteiger partial charge in [-0.1, -0.05) is 17.7 Å². The van der Waals surface area contributed by atoms with Gasteiger partial charge in [-0.3, -0.25) is 0 Å². The first-order chi connectivity index (χ1) is 12.6. The van der Waals surface area contributed by atoms with E-state index in [1.165, 1.54) is 16.2 Å². The lowest BCUT2D eigenvalue weighted by Crippen LogP contribution is -3.13. The highest BCUT2D eigenvalue weighted by Crippen LogP contribution is 2.38. The van der Waals surface area contributed by atoms with Gasteiger partial charge < -0.3 is 24.0 Å². The molecule has 1 aliphatic rings. The van der Waals surface area contributed by atoms with E-state index in [2.05, 4.69) is 11.0 Å². The van der Waals surface area contributed by atoms with Crippen molar-refractivity contribution in [2.45, 2.75) is 6.54 Å². The van der Waals surface area contributed by atoms with Crippen molar-refractivity contribution in [1.29, 1.82) is 0 Å². The van der Waals surface area contributed by atoms with Gasteiger partial charge in [-0.15, -0.1) is 0 Å². The van der Waals surface area contributed by atoms with Gasteiger partial charge in [-0.2, -0.15) is 0 Å². The Hall–Kier alpha value is -2.11. The molecule has 0 aromatic heterocycles. The second kappa shape index (κ2) is 8.52. The van der Waals surface area contributed by atoms with E-state index >= 15 is 0 Å². The fraction of sp³-hybridized carbons (Fsp3) is 0.400. The second-order valence-electron chi connectivity index (χ2n) is 6.43. The zero-order valence-electron chi connectivity index (χ0n) is 15.5. The lowest BCUT2D eigenvalue weighted by molar-refractivity contribution is -0.914. The summed E-state index contributed by atoms with van der Waals surface area (Å²) in [4.78, 5) is 3.93. The highest BCUT2D eigenvalue weighted by molar-refractivity contribution is 6.30. The fourth-order valence-corrected chi connectivity index (χ4v) is 3.64. The molecule has 0 aliphatic carbocycles. The number of nitrogens with zero attached hydrogens (tertiary/aromatic N) is 1. The van der Waals surface area contributed by atoms with Crippen molar-refractivity contribution in [3.8, 4) is 17.2 Å². The number of rotatable bonds is 6. The molecular weight excluding hydrogens is 352 g/mol. The number of methoxy groups -OCH3 is 3. The molecule has 1 saturated heterocycles. The summed E-state index contributed by atoms with van der Waals surface area (Å²) in [6.07, 6.45) is 0. The Morgan fingerprint density at radius 2 is 1.62 bits per heavy atom. The summed E-state index contributed by atoms with van der Waals surface area (Å²) in [5, 5.41) is 0.787. The zero-order chi connectivity index (χ0) is 18.5. The highest BCUT2D eigenvalue weighted by atomic mass is 35.5. The van der Waals surface area contributed by atoms with Crippen molar-refractivity contribution < 1.29 is 19.1 Å². The SMILES string of the molecule is COc1cc(C[NH+]2CCN(c3cccc(Cl)c3)CC2)cc(OC)c1OC.